The molecule has 7 heteroatoms. The number of thiophene rings is 1. The van der Waals surface area contributed by atoms with Crippen LogP contribution in [0.2, 0.25) is 0 Å². The van der Waals surface area contributed by atoms with Crippen molar-refractivity contribution in [2.75, 3.05) is 14.1 Å². The summed E-state index contributed by atoms with van der Waals surface area (Å²) in [6.45, 7) is 2.43. The Labute approximate surface area is 150 Å². The maximum absolute atomic E-state index is 12.7. The molecule has 2 amide bonds. The van der Waals surface area contributed by atoms with Crippen LogP contribution in [0.15, 0.2) is 30.3 Å². The van der Waals surface area contributed by atoms with E-state index in [9.17, 15) is 9.59 Å². The zero-order chi connectivity index (χ0) is 18.1. The first-order valence-electron chi connectivity index (χ1n) is 7.90. The van der Waals surface area contributed by atoms with E-state index in [4.69, 9.17) is 0 Å². The van der Waals surface area contributed by atoms with Gasteiger partial charge >= 0.3 is 0 Å². The smallest absolute Gasteiger partial charge is 0.264 e. The molecule has 25 heavy (non-hydrogen) atoms. The van der Waals surface area contributed by atoms with Gasteiger partial charge in [-0.1, -0.05) is 12.1 Å². The van der Waals surface area contributed by atoms with E-state index in [-0.39, 0.29) is 11.8 Å². The maximum atomic E-state index is 12.7. The minimum atomic E-state index is -0.120. The van der Waals surface area contributed by atoms with Gasteiger partial charge in [0.25, 0.3) is 11.8 Å². The molecule has 3 rings (SSSR count). The van der Waals surface area contributed by atoms with Crippen molar-refractivity contribution in [3.63, 3.8) is 0 Å². The number of nitrogens with one attached hydrogen (secondary N) is 1. The molecule has 0 atom stereocenters. The van der Waals surface area contributed by atoms with Gasteiger partial charge in [0.1, 0.15) is 4.83 Å². The zero-order valence-corrected chi connectivity index (χ0v) is 15.5. The lowest BCUT2D eigenvalue weighted by Crippen LogP contribution is -2.25. The van der Waals surface area contributed by atoms with Crippen molar-refractivity contribution in [2.45, 2.75) is 13.5 Å². The molecule has 0 aliphatic carbocycles. The van der Waals surface area contributed by atoms with Gasteiger partial charge in [0.2, 0.25) is 0 Å². The number of hydrogen-bond acceptors (Lipinski definition) is 4. The molecule has 0 saturated carbocycles. The average molecular weight is 356 g/mol. The Balaban J connectivity index is 1.75. The Hall–Kier alpha value is -2.67. The van der Waals surface area contributed by atoms with E-state index >= 15 is 0 Å². The van der Waals surface area contributed by atoms with Gasteiger partial charge in [0.05, 0.1) is 10.6 Å². The molecule has 3 aromatic rings. The second kappa shape index (κ2) is 6.68. The summed E-state index contributed by atoms with van der Waals surface area (Å²) in [7, 11) is 5.27. The highest BCUT2D eigenvalue weighted by Gasteiger charge is 2.18. The highest BCUT2D eigenvalue weighted by Crippen LogP contribution is 2.28. The molecule has 0 saturated heterocycles. The Kier molecular flexibility index (Phi) is 4.59. The Morgan fingerprint density at radius 2 is 1.96 bits per heavy atom. The van der Waals surface area contributed by atoms with Gasteiger partial charge in [0.15, 0.2) is 0 Å². The lowest BCUT2D eigenvalue weighted by atomic mass is 10.1. The lowest BCUT2D eigenvalue weighted by Gasteiger charge is -2.16. The molecule has 2 aromatic heterocycles. The van der Waals surface area contributed by atoms with Gasteiger partial charge in [0, 0.05) is 38.6 Å². The largest absolute Gasteiger partial charge is 0.355 e. The van der Waals surface area contributed by atoms with E-state index < -0.39 is 0 Å². The minimum Gasteiger partial charge on any atom is -0.355 e. The number of hydrogen-bond donors (Lipinski definition) is 1. The van der Waals surface area contributed by atoms with Crippen LogP contribution in [0.25, 0.3) is 10.2 Å². The number of carbonyl (C=O) groups is 2. The fourth-order valence-electron chi connectivity index (χ4n) is 2.75. The highest BCUT2D eigenvalue weighted by molar-refractivity contribution is 7.20. The first-order chi connectivity index (χ1) is 11.9. The van der Waals surface area contributed by atoms with Gasteiger partial charge in [-0.3, -0.25) is 14.3 Å². The van der Waals surface area contributed by atoms with Crippen molar-refractivity contribution in [2.24, 2.45) is 7.05 Å². The normalized spacial score (nSPS) is 10.9. The predicted octanol–water partition coefficient (Wildman–Crippen LogP) is 2.58. The van der Waals surface area contributed by atoms with Crippen LogP contribution in [0.5, 0.6) is 0 Å². The molecule has 0 spiro atoms. The number of aromatic nitrogens is 2. The topological polar surface area (TPSA) is 67.2 Å². The van der Waals surface area contributed by atoms with Crippen molar-refractivity contribution in [1.29, 1.82) is 0 Å². The third-order valence-electron chi connectivity index (χ3n) is 4.12. The van der Waals surface area contributed by atoms with Crippen LogP contribution >= 0.6 is 11.3 Å². The number of nitrogens with zero attached hydrogens (tertiary/aromatic N) is 3. The van der Waals surface area contributed by atoms with Crippen LogP contribution in [0.1, 0.15) is 31.3 Å². The molecule has 0 bridgehead atoms. The molecule has 0 radical (unpaired) electrons. The lowest BCUT2D eigenvalue weighted by molar-refractivity contribution is 0.0789. The summed E-state index contributed by atoms with van der Waals surface area (Å²) in [5.74, 6) is -0.138. The maximum Gasteiger partial charge on any atom is 0.264 e. The number of amides is 2. The number of carbonyl (C=O) groups excluding carboxylic acids is 2. The summed E-state index contributed by atoms with van der Waals surface area (Å²) < 4.78 is 1.81. The van der Waals surface area contributed by atoms with Gasteiger partial charge < -0.3 is 10.2 Å². The van der Waals surface area contributed by atoms with Crippen molar-refractivity contribution >= 4 is 33.4 Å². The third kappa shape index (κ3) is 3.28. The van der Waals surface area contributed by atoms with E-state index in [1.807, 2.05) is 36.9 Å². The fraction of sp³-hybridized carbons (Fsp3) is 0.278. The van der Waals surface area contributed by atoms with Crippen LogP contribution in [-0.4, -0.2) is 40.6 Å². The molecule has 1 aromatic carbocycles. The predicted molar refractivity (Wildman–Crippen MR) is 99.0 cm³/mol. The Bertz CT molecular complexity index is 906. The van der Waals surface area contributed by atoms with E-state index in [1.165, 1.54) is 11.3 Å². The molecular weight excluding hydrogens is 336 g/mol. The first-order valence-corrected chi connectivity index (χ1v) is 8.72. The summed E-state index contributed by atoms with van der Waals surface area (Å²) >= 11 is 1.46. The van der Waals surface area contributed by atoms with Gasteiger partial charge in [-0.15, -0.1) is 11.3 Å². The van der Waals surface area contributed by atoms with Crippen LogP contribution in [0.4, 0.5) is 0 Å². The molecule has 6 nitrogen and oxygen atoms in total. The molecule has 130 valence electrons. The Morgan fingerprint density at radius 1 is 1.28 bits per heavy atom. The van der Waals surface area contributed by atoms with Crippen molar-refractivity contribution in [1.82, 2.24) is 20.0 Å². The molecular formula is C18H20N4O2S. The number of rotatable bonds is 4. The molecule has 2 heterocycles. The SMILES string of the molecule is CNC(=O)c1ccc(CN(C)C(=O)c2cc3c(C)nn(C)c3s2)cc1. The molecule has 0 aliphatic heterocycles. The highest BCUT2D eigenvalue weighted by atomic mass is 32.1. The minimum absolute atomic E-state index is 0.0176. The van der Waals surface area contributed by atoms with Crippen LogP contribution in [0.3, 0.4) is 0 Å². The summed E-state index contributed by atoms with van der Waals surface area (Å²) in [6, 6.07) is 9.18. The Morgan fingerprint density at radius 3 is 2.56 bits per heavy atom. The summed E-state index contributed by atoms with van der Waals surface area (Å²) in [5, 5.41) is 7.98. The van der Waals surface area contributed by atoms with Crippen molar-refractivity contribution in [3.05, 3.63) is 52.0 Å². The van der Waals surface area contributed by atoms with Crippen LogP contribution in [-0.2, 0) is 13.6 Å². The summed E-state index contributed by atoms with van der Waals surface area (Å²) in [4.78, 5) is 27.7. The first kappa shape index (κ1) is 17.2. The molecule has 1 N–H and O–H groups in total. The second-order valence-corrected chi connectivity index (χ2v) is 7.01. The number of fused-ring (bicyclic) bond motifs is 1. The van der Waals surface area contributed by atoms with Crippen molar-refractivity contribution in [3.8, 4) is 0 Å². The quantitative estimate of drug-likeness (QED) is 0.781. The molecule has 0 fully saturated rings. The van der Waals surface area contributed by atoms with Gasteiger partial charge in [-0.2, -0.15) is 5.10 Å². The zero-order valence-electron chi connectivity index (χ0n) is 14.7. The van der Waals surface area contributed by atoms with Gasteiger partial charge in [-0.25, -0.2) is 0 Å². The van der Waals surface area contributed by atoms with Gasteiger partial charge in [-0.05, 0) is 30.7 Å². The van der Waals surface area contributed by atoms with Crippen LogP contribution in [0, 0.1) is 6.92 Å². The van der Waals surface area contributed by atoms with E-state index in [0.717, 1.165) is 21.5 Å². The number of benzene rings is 1. The number of aryl methyl sites for hydroxylation is 2. The van der Waals surface area contributed by atoms with Crippen molar-refractivity contribution < 1.29 is 9.59 Å². The molecule has 0 aliphatic rings. The fourth-order valence-corrected chi connectivity index (χ4v) is 3.87. The average Bonchev–Trinajstić information content (AvgIpc) is 3.16. The third-order valence-corrected chi connectivity index (χ3v) is 5.31. The second-order valence-electron chi connectivity index (χ2n) is 5.98. The standard InChI is InChI=1S/C18H20N4O2S/c1-11-14-9-15(25-18(14)22(4)20-11)17(24)21(3)10-12-5-7-13(8-6-12)16(23)19-2/h5-9H,10H2,1-4H3,(H,19,23). The molecule has 0 unspecified atom stereocenters. The van der Waals surface area contributed by atoms with E-state index in [2.05, 4.69) is 10.4 Å². The monoisotopic (exact) mass is 356 g/mol. The summed E-state index contributed by atoms with van der Waals surface area (Å²) in [5.41, 5.74) is 2.51. The van der Waals surface area contributed by atoms with E-state index in [0.29, 0.717) is 17.0 Å². The summed E-state index contributed by atoms with van der Waals surface area (Å²) in [6.07, 6.45) is 0. The van der Waals surface area contributed by atoms with E-state index in [1.54, 1.807) is 31.1 Å². The van der Waals surface area contributed by atoms with Crippen LogP contribution < -0.4 is 5.32 Å².